The van der Waals surface area contributed by atoms with E-state index in [4.69, 9.17) is 16.3 Å². The van der Waals surface area contributed by atoms with Gasteiger partial charge in [-0.15, -0.1) is 11.3 Å². The number of hydrogen-bond donors (Lipinski definition) is 2. The molecule has 1 aliphatic rings. The van der Waals surface area contributed by atoms with Crippen LogP contribution < -0.4 is 9.64 Å². The molecule has 3 heterocycles. The molecule has 1 amide bonds. The first-order valence-electron chi connectivity index (χ1n) is 10.4. The molecule has 0 bridgehead atoms. The van der Waals surface area contributed by atoms with E-state index in [0.717, 1.165) is 4.70 Å². The molecule has 0 spiro atoms. The van der Waals surface area contributed by atoms with Crippen LogP contribution in [0.25, 0.3) is 10.2 Å². The first-order valence-corrected chi connectivity index (χ1v) is 12.4. The highest BCUT2D eigenvalue weighted by Gasteiger charge is 2.46. The van der Waals surface area contributed by atoms with Crippen LogP contribution in [-0.2, 0) is 4.79 Å². The summed E-state index contributed by atoms with van der Waals surface area (Å²) in [6.07, 6.45) is 0. The number of rotatable bonds is 5. The van der Waals surface area contributed by atoms with E-state index in [0.29, 0.717) is 31.7 Å². The van der Waals surface area contributed by atoms with Crippen LogP contribution in [0.1, 0.15) is 32.0 Å². The van der Waals surface area contributed by atoms with Gasteiger partial charge >= 0.3 is 0 Å². The molecule has 1 aliphatic heterocycles. The molecule has 35 heavy (non-hydrogen) atoms. The molecule has 0 aliphatic carbocycles. The first-order chi connectivity index (χ1) is 16.7. The number of aryl methyl sites for hydroxylation is 2. The number of anilines is 1. The number of nitrogens with zero attached hydrogens (tertiary/aromatic N) is 3. The molecule has 1 atom stereocenters. The van der Waals surface area contributed by atoms with Crippen LogP contribution in [0, 0.1) is 13.8 Å². The molecule has 178 valence electrons. The van der Waals surface area contributed by atoms with Gasteiger partial charge in [-0.3, -0.25) is 14.5 Å². The van der Waals surface area contributed by atoms with Gasteiger partial charge in [-0.2, -0.15) is 0 Å². The topological polar surface area (TPSA) is 113 Å². The minimum Gasteiger partial charge on any atom is -0.504 e. The van der Waals surface area contributed by atoms with Gasteiger partial charge in [0.05, 0.1) is 44.5 Å². The predicted molar refractivity (Wildman–Crippen MR) is 135 cm³/mol. The Labute approximate surface area is 212 Å². The Morgan fingerprint density at radius 1 is 1.11 bits per heavy atom. The Hall–Kier alpha value is -3.47. The van der Waals surface area contributed by atoms with Gasteiger partial charge in [0.25, 0.3) is 5.91 Å². The number of halogens is 1. The number of methoxy groups -OCH3 is 1. The quantitative estimate of drug-likeness (QED) is 0.328. The van der Waals surface area contributed by atoms with Crippen LogP contribution in [-0.4, -0.2) is 39.0 Å². The number of benzene rings is 2. The molecule has 11 heteroatoms. The van der Waals surface area contributed by atoms with Gasteiger partial charge in [0.2, 0.25) is 5.78 Å². The van der Waals surface area contributed by atoms with Gasteiger partial charge in [0.1, 0.15) is 0 Å². The summed E-state index contributed by atoms with van der Waals surface area (Å²) in [5.41, 5.74) is 1.50. The second-order valence-corrected chi connectivity index (χ2v) is 10.5. The number of aliphatic hydroxyl groups excluding tert-OH is 1. The maximum atomic E-state index is 13.7. The maximum absolute atomic E-state index is 13.7. The largest absolute Gasteiger partial charge is 0.504 e. The lowest BCUT2D eigenvalue weighted by molar-refractivity contribution is -0.117. The van der Waals surface area contributed by atoms with Gasteiger partial charge in [-0.1, -0.05) is 29.0 Å². The van der Waals surface area contributed by atoms with Crippen molar-refractivity contribution < 1.29 is 24.5 Å². The fourth-order valence-corrected chi connectivity index (χ4v) is 6.21. The van der Waals surface area contributed by atoms with Crippen molar-refractivity contribution in [2.45, 2.75) is 19.9 Å². The van der Waals surface area contributed by atoms with Crippen molar-refractivity contribution in [1.29, 1.82) is 0 Å². The number of aromatic hydroxyl groups is 1. The third-order valence-electron chi connectivity index (χ3n) is 5.63. The fourth-order valence-electron chi connectivity index (χ4n) is 4.07. The highest BCUT2D eigenvalue weighted by Crippen LogP contribution is 2.46. The maximum Gasteiger partial charge on any atom is 0.296 e. The number of phenols is 1. The number of amides is 1. The predicted octanol–water partition coefficient (Wildman–Crippen LogP) is 5.52. The summed E-state index contributed by atoms with van der Waals surface area (Å²) >= 11 is 8.53. The smallest absolute Gasteiger partial charge is 0.296 e. The fraction of sp³-hybridized carbons (Fsp3) is 0.167. The molecule has 0 radical (unpaired) electrons. The monoisotopic (exact) mass is 527 g/mol. The zero-order chi connectivity index (χ0) is 25.0. The van der Waals surface area contributed by atoms with E-state index in [1.54, 1.807) is 38.1 Å². The normalized spacial score (nSPS) is 15.9. The summed E-state index contributed by atoms with van der Waals surface area (Å²) in [7, 11) is 1.40. The van der Waals surface area contributed by atoms with Crippen molar-refractivity contribution in [3.63, 3.8) is 0 Å². The van der Waals surface area contributed by atoms with Crippen molar-refractivity contribution in [2.75, 3.05) is 12.0 Å². The van der Waals surface area contributed by atoms with E-state index in [1.165, 1.54) is 46.8 Å². The summed E-state index contributed by atoms with van der Waals surface area (Å²) < 4.78 is 6.00. The number of aliphatic hydroxyl groups is 1. The highest BCUT2D eigenvalue weighted by molar-refractivity contribution is 7.22. The number of ketones is 1. The van der Waals surface area contributed by atoms with Crippen LogP contribution in [0.3, 0.4) is 0 Å². The second kappa shape index (κ2) is 8.63. The lowest BCUT2D eigenvalue weighted by Gasteiger charge is -2.24. The average molecular weight is 528 g/mol. The van der Waals surface area contributed by atoms with Crippen LogP contribution in [0.2, 0.25) is 5.02 Å². The molecule has 2 aromatic carbocycles. The van der Waals surface area contributed by atoms with E-state index in [-0.39, 0.29) is 22.2 Å². The second-order valence-electron chi connectivity index (χ2n) is 7.86. The van der Waals surface area contributed by atoms with Crippen molar-refractivity contribution in [2.24, 2.45) is 0 Å². The van der Waals surface area contributed by atoms with Gasteiger partial charge in [-0.05, 0) is 49.7 Å². The summed E-state index contributed by atoms with van der Waals surface area (Å²) in [5, 5.41) is 22.6. The standard InChI is InChI=1S/C24H18ClN3O5S2/c1-10-22(34-11(2)26-10)20(30)18-19(12-4-7-15(29)16(8-12)33-3)28(23(32)21(18)31)24-27-14-6-5-13(25)9-17(14)35-24/h4-9,19,29,31H,1-3H3. The lowest BCUT2D eigenvalue weighted by Crippen LogP contribution is -2.31. The van der Waals surface area contributed by atoms with Crippen LogP contribution >= 0.6 is 34.3 Å². The van der Waals surface area contributed by atoms with Crippen LogP contribution in [0.4, 0.5) is 5.13 Å². The number of fused-ring (bicyclic) bond motifs is 1. The number of carbonyl (C=O) groups excluding carboxylic acids is 2. The number of hydrogen-bond acceptors (Lipinski definition) is 9. The zero-order valence-corrected chi connectivity index (χ0v) is 21.1. The minimum absolute atomic E-state index is 0.0909. The van der Waals surface area contributed by atoms with E-state index in [9.17, 15) is 19.8 Å². The van der Waals surface area contributed by atoms with Crippen molar-refractivity contribution in [3.8, 4) is 11.5 Å². The number of Topliss-reactive ketones (excluding diaryl/α,β-unsaturated/α-hetero) is 1. The molecule has 2 N–H and O–H groups in total. The van der Waals surface area contributed by atoms with E-state index < -0.39 is 23.5 Å². The molecule has 2 aromatic heterocycles. The van der Waals surface area contributed by atoms with Gasteiger partial charge in [0.15, 0.2) is 22.4 Å². The number of carbonyl (C=O) groups is 2. The third-order valence-corrected chi connectivity index (χ3v) is 7.95. The average Bonchev–Trinajstić information content (AvgIpc) is 3.46. The lowest BCUT2D eigenvalue weighted by atomic mass is 9.95. The SMILES string of the molecule is COc1cc(C2C(C(=O)c3sc(C)nc3C)=C(O)C(=O)N2c2nc3ccc(Cl)cc3s2)ccc1O. The number of ether oxygens (including phenoxy) is 1. The molecule has 1 unspecified atom stereocenters. The van der Waals surface area contributed by atoms with Gasteiger partial charge in [-0.25, -0.2) is 9.97 Å². The minimum atomic E-state index is -1.01. The van der Waals surface area contributed by atoms with E-state index >= 15 is 0 Å². The highest BCUT2D eigenvalue weighted by atomic mass is 35.5. The zero-order valence-electron chi connectivity index (χ0n) is 18.7. The summed E-state index contributed by atoms with van der Waals surface area (Å²) in [6, 6.07) is 8.67. The van der Waals surface area contributed by atoms with Crippen molar-refractivity contribution in [1.82, 2.24) is 9.97 Å². The van der Waals surface area contributed by atoms with Crippen LogP contribution in [0.5, 0.6) is 11.5 Å². The van der Waals surface area contributed by atoms with Crippen molar-refractivity contribution >= 4 is 61.3 Å². The molecule has 8 nitrogen and oxygen atoms in total. The molecule has 0 fully saturated rings. The third kappa shape index (κ3) is 3.83. The Morgan fingerprint density at radius 2 is 1.89 bits per heavy atom. The molecule has 0 saturated carbocycles. The molecular weight excluding hydrogens is 510 g/mol. The Bertz CT molecular complexity index is 1560. The number of phenolic OH excluding ortho intramolecular Hbond substituents is 1. The molecule has 4 aromatic rings. The molecular formula is C24H18ClN3O5S2. The summed E-state index contributed by atoms with van der Waals surface area (Å²) in [4.78, 5) is 37.6. The molecule has 5 rings (SSSR count). The summed E-state index contributed by atoms with van der Waals surface area (Å²) in [5.74, 6) is -1.85. The van der Waals surface area contributed by atoms with Gasteiger partial charge in [0, 0.05) is 5.02 Å². The number of thiazole rings is 2. The molecule has 0 saturated heterocycles. The Kier molecular flexibility index (Phi) is 5.74. The van der Waals surface area contributed by atoms with E-state index in [1.807, 2.05) is 0 Å². The van der Waals surface area contributed by atoms with Crippen molar-refractivity contribution in [3.05, 3.63) is 73.9 Å². The summed E-state index contributed by atoms with van der Waals surface area (Å²) in [6.45, 7) is 3.49. The Morgan fingerprint density at radius 3 is 2.57 bits per heavy atom. The first kappa shape index (κ1) is 23.3. The number of aromatic nitrogens is 2. The van der Waals surface area contributed by atoms with Crippen LogP contribution in [0.15, 0.2) is 47.7 Å². The Balaban J connectivity index is 1.71. The van der Waals surface area contributed by atoms with Gasteiger partial charge < -0.3 is 14.9 Å². The van der Waals surface area contributed by atoms with E-state index in [2.05, 4.69) is 9.97 Å².